The zero-order valence-electron chi connectivity index (χ0n) is 16.2. The van der Waals surface area contributed by atoms with Gasteiger partial charge in [0.15, 0.2) is 0 Å². The molecule has 0 unspecified atom stereocenters. The Labute approximate surface area is 164 Å². The molecule has 1 amide bonds. The van der Waals surface area contributed by atoms with Gasteiger partial charge in [0.25, 0.3) is 5.69 Å². The number of para-hydroxylation sites is 1. The number of hydrogen-bond acceptors (Lipinski definition) is 5. The summed E-state index contributed by atoms with van der Waals surface area (Å²) in [4.78, 5) is 24.7. The summed E-state index contributed by atoms with van der Waals surface area (Å²) in [5, 5.41) is 11.0. The van der Waals surface area contributed by atoms with E-state index in [1.165, 1.54) is 17.0 Å². The quantitative estimate of drug-likeness (QED) is 0.521. The van der Waals surface area contributed by atoms with Crippen LogP contribution in [0.4, 0.5) is 11.4 Å². The van der Waals surface area contributed by atoms with Crippen molar-refractivity contribution in [2.24, 2.45) is 0 Å². The molecule has 0 fully saturated rings. The lowest BCUT2D eigenvalue weighted by Gasteiger charge is -2.29. The van der Waals surface area contributed by atoms with E-state index < -0.39 is 26.9 Å². The van der Waals surface area contributed by atoms with Crippen LogP contribution in [0.2, 0.25) is 0 Å². The number of nitro groups is 1. The van der Waals surface area contributed by atoms with E-state index in [4.69, 9.17) is 0 Å². The molecule has 2 rings (SSSR count). The highest BCUT2D eigenvalue weighted by Crippen LogP contribution is 2.25. The predicted molar refractivity (Wildman–Crippen MR) is 108 cm³/mol. The van der Waals surface area contributed by atoms with Crippen LogP contribution < -0.4 is 4.31 Å². The van der Waals surface area contributed by atoms with Crippen molar-refractivity contribution in [3.05, 3.63) is 69.8 Å². The molecule has 1 atom stereocenters. The number of benzene rings is 2. The lowest BCUT2D eigenvalue weighted by atomic mass is 10.1. The second kappa shape index (κ2) is 8.39. The number of hydrogen-bond donors (Lipinski definition) is 0. The molecule has 2 aromatic carbocycles. The molecule has 28 heavy (non-hydrogen) atoms. The van der Waals surface area contributed by atoms with Crippen LogP contribution in [-0.2, 0) is 14.8 Å². The van der Waals surface area contributed by atoms with Gasteiger partial charge in [0, 0.05) is 19.2 Å². The molecule has 8 nitrogen and oxygen atoms in total. The number of amides is 1. The molecule has 150 valence electrons. The summed E-state index contributed by atoms with van der Waals surface area (Å²) in [7, 11) is -2.14. The van der Waals surface area contributed by atoms with Gasteiger partial charge in [-0.15, -0.1) is 0 Å². The van der Waals surface area contributed by atoms with Gasteiger partial charge in [-0.3, -0.25) is 19.2 Å². The van der Waals surface area contributed by atoms with Crippen LogP contribution in [0.5, 0.6) is 0 Å². The van der Waals surface area contributed by atoms with E-state index in [9.17, 15) is 23.3 Å². The Kier molecular flexibility index (Phi) is 6.40. The highest BCUT2D eigenvalue weighted by molar-refractivity contribution is 7.92. The highest BCUT2D eigenvalue weighted by Gasteiger charge is 2.26. The first-order valence-corrected chi connectivity index (χ1v) is 10.4. The fourth-order valence-corrected chi connectivity index (χ4v) is 3.70. The van der Waals surface area contributed by atoms with Gasteiger partial charge in [0.1, 0.15) is 6.54 Å². The number of rotatable bonds is 7. The van der Waals surface area contributed by atoms with Crippen molar-refractivity contribution < 1.29 is 18.1 Å². The average molecular weight is 405 g/mol. The Hall–Kier alpha value is -2.94. The molecule has 0 N–H and O–H groups in total. The van der Waals surface area contributed by atoms with Crippen molar-refractivity contribution in [1.82, 2.24) is 4.90 Å². The van der Waals surface area contributed by atoms with Crippen LogP contribution in [0.1, 0.15) is 24.1 Å². The normalized spacial score (nSPS) is 12.3. The maximum absolute atomic E-state index is 12.8. The Morgan fingerprint density at radius 1 is 1.18 bits per heavy atom. The van der Waals surface area contributed by atoms with E-state index in [2.05, 4.69) is 0 Å². The van der Waals surface area contributed by atoms with E-state index in [0.717, 1.165) is 16.1 Å². The van der Waals surface area contributed by atoms with Crippen LogP contribution in [-0.4, -0.2) is 44.0 Å². The SMILES string of the molecule is Cc1ccccc1N(CC(=O)N(C)[C@@H](C)c1cccc([N+](=O)[O-])c1)S(C)(=O)=O. The molecule has 0 aromatic heterocycles. The number of likely N-dealkylation sites (N-methyl/N-ethyl adjacent to an activating group) is 1. The summed E-state index contributed by atoms with van der Waals surface area (Å²) in [5.41, 5.74) is 1.69. The van der Waals surface area contributed by atoms with Gasteiger partial charge in [-0.25, -0.2) is 8.42 Å². The topological polar surface area (TPSA) is 101 Å². The van der Waals surface area contributed by atoms with Crippen LogP contribution in [0, 0.1) is 17.0 Å². The first-order chi connectivity index (χ1) is 13.0. The molecule has 0 saturated heterocycles. The van der Waals surface area contributed by atoms with E-state index in [1.54, 1.807) is 57.3 Å². The third-order valence-corrected chi connectivity index (χ3v) is 5.73. The van der Waals surface area contributed by atoms with Crippen LogP contribution >= 0.6 is 0 Å². The summed E-state index contributed by atoms with van der Waals surface area (Å²) in [5.74, 6) is -0.423. The third kappa shape index (κ3) is 4.86. The van der Waals surface area contributed by atoms with E-state index in [0.29, 0.717) is 11.3 Å². The Morgan fingerprint density at radius 3 is 2.39 bits per heavy atom. The number of nitro benzene ring substituents is 1. The van der Waals surface area contributed by atoms with Crippen LogP contribution in [0.3, 0.4) is 0 Å². The molecular weight excluding hydrogens is 382 g/mol. The number of anilines is 1. The third-order valence-electron chi connectivity index (χ3n) is 4.60. The zero-order chi connectivity index (χ0) is 21.1. The average Bonchev–Trinajstić information content (AvgIpc) is 2.64. The van der Waals surface area contributed by atoms with Crippen molar-refractivity contribution in [3.8, 4) is 0 Å². The van der Waals surface area contributed by atoms with Gasteiger partial charge in [-0.1, -0.05) is 30.3 Å². The van der Waals surface area contributed by atoms with Gasteiger partial charge < -0.3 is 4.90 Å². The van der Waals surface area contributed by atoms with Crippen molar-refractivity contribution in [2.75, 3.05) is 24.2 Å². The number of carbonyl (C=O) groups is 1. The van der Waals surface area contributed by atoms with Gasteiger partial charge in [-0.05, 0) is 31.0 Å². The van der Waals surface area contributed by atoms with Crippen molar-refractivity contribution >= 4 is 27.3 Å². The molecule has 0 aliphatic carbocycles. The second-order valence-electron chi connectivity index (χ2n) is 6.59. The first kappa shape index (κ1) is 21.4. The van der Waals surface area contributed by atoms with Crippen LogP contribution in [0.15, 0.2) is 48.5 Å². The maximum Gasteiger partial charge on any atom is 0.269 e. The molecule has 0 aliphatic rings. The minimum atomic E-state index is -3.68. The van der Waals surface area contributed by atoms with Gasteiger partial charge in [0.2, 0.25) is 15.9 Å². The largest absolute Gasteiger partial charge is 0.337 e. The Bertz CT molecular complexity index is 991. The monoisotopic (exact) mass is 405 g/mol. The molecule has 9 heteroatoms. The number of aryl methyl sites for hydroxylation is 1. The van der Waals surface area contributed by atoms with Crippen molar-refractivity contribution in [2.45, 2.75) is 19.9 Å². The number of nitrogens with zero attached hydrogens (tertiary/aromatic N) is 3. The minimum absolute atomic E-state index is 0.0668. The summed E-state index contributed by atoms with van der Waals surface area (Å²) in [6.07, 6.45) is 1.05. The summed E-state index contributed by atoms with van der Waals surface area (Å²) in [6.45, 7) is 3.14. The van der Waals surface area contributed by atoms with Crippen molar-refractivity contribution in [3.63, 3.8) is 0 Å². The Balaban J connectivity index is 2.27. The fourth-order valence-electron chi connectivity index (χ4n) is 2.80. The maximum atomic E-state index is 12.8. The molecule has 0 heterocycles. The lowest BCUT2D eigenvalue weighted by molar-refractivity contribution is -0.384. The molecule has 0 radical (unpaired) electrons. The van der Waals surface area contributed by atoms with Gasteiger partial charge >= 0.3 is 0 Å². The standard InChI is InChI=1S/C19H23N3O5S/c1-14-8-5-6-11-18(14)21(28(4,26)27)13-19(23)20(3)15(2)16-9-7-10-17(12-16)22(24)25/h5-12,15H,13H2,1-4H3/t15-/m0/s1. The lowest BCUT2D eigenvalue weighted by Crippen LogP contribution is -2.42. The summed E-state index contributed by atoms with van der Waals surface area (Å²) < 4.78 is 25.6. The first-order valence-electron chi connectivity index (χ1n) is 8.55. The van der Waals surface area contributed by atoms with E-state index in [-0.39, 0.29) is 12.2 Å². The predicted octanol–water partition coefficient (Wildman–Crippen LogP) is 2.89. The van der Waals surface area contributed by atoms with Gasteiger partial charge in [-0.2, -0.15) is 0 Å². The number of sulfonamides is 1. The molecular formula is C19H23N3O5S. The second-order valence-corrected chi connectivity index (χ2v) is 8.50. The fraction of sp³-hybridized carbons (Fsp3) is 0.316. The number of carbonyl (C=O) groups excluding carboxylic acids is 1. The zero-order valence-corrected chi connectivity index (χ0v) is 17.0. The molecule has 0 bridgehead atoms. The van der Waals surface area contributed by atoms with E-state index >= 15 is 0 Å². The van der Waals surface area contributed by atoms with E-state index in [1.807, 2.05) is 0 Å². The van der Waals surface area contributed by atoms with Gasteiger partial charge in [0.05, 0.1) is 22.9 Å². The number of non-ortho nitro benzene ring substituents is 1. The minimum Gasteiger partial charge on any atom is -0.337 e. The van der Waals surface area contributed by atoms with Crippen LogP contribution in [0.25, 0.3) is 0 Å². The molecule has 0 spiro atoms. The Morgan fingerprint density at radius 2 is 1.82 bits per heavy atom. The smallest absolute Gasteiger partial charge is 0.269 e. The van der Waals surface area contributed by atoms with Crippen molar-refractivity contribution in [1.29, 1.82) is 0 Å². The highest BCUT2D eigenvalue weighted by atomic mass is 32.2. The molecule has 0 aliphatic heterocycles. The molecule has 0 saturated carbocycles. The summed E-state index contributed by atoms with van der Waals surface area (Å²) >= 11 is 0. The summed E-state index contributed by atoms with van der Waals surface area (Å²) in [6, 6.07) is 12.5. The molecule has 2 aromatic rings.